The molecule has 3 heterocycles. The number of nitrogens with one attached hydrogen (secondary N) is 1. The zero-order valence-corrected chi connectivity index (χ0v) is 18.5. The number of hydrogen-bond donors (Lipinski definition) is 2. The van der Waals surface area contributed by atoms with Crippen LogP contribution in [0, 0.1) is 12.7 Å². The maximum atomic E-state index is 13.8. The van der Waals surface area contributed by atoms with E-state index in [-0.39, 0.29) is 43.1 Å². The summed E-state index contributed by atoms with van der Waals surface area (Å²) in [7, 11) is 0. The second-order valence-electron chi connectivity index (χ2n) is 7.44. The third-order valence-corrected chi connectivity index (χ3v) is 4.80. The number of aryl methyl sites for hydroxylation is 1. The Bertz CT molecular complexity index is 1140. The molecule has 2 aromatic heterocycles. The number of hydrogen-bond acceptors (Lipinski definition) is 10. The average molecular weight is 473 g/mol. The molecule has 12 nitrogen and oxygen atoms in total. The molecule has 1 aromatic carbocycles. The minimum atomic E-state index is -0.553. The average Bonchev–Trinajstić information content (AvgIpc) is 3.31. The van der Waals surface area contributed by atoms with Crippen molar-refractivity contribution in [3.8, 4) is 17.3 Å². The molecule has 180 valence electrons. The van der Waals surface area contributed by atoms with Crippen molar-refractivity contribution in [3.05, 3.63) is 47.2 Å². The molecule has 1 fully saturated rings. The zero-order chi connectivity index (χ0) is 23.9. The van der Waals surface area contributed by atoms with Crippen LogP contribution in [0.3, 0.4) is 0 Å². The maximum Gasteiger partial charge on any atom is 0.270 e. The van der Waals surface area contributed by atoms with E-state index in [1.165, 1.54) is 29.1 Å². The smallest absolute Gasteiger partial charge is 0.270 e. The lowest BCUT2D eigenvalue weighted by Crippen LogP contribution is -2.33. The minimum Gasteiger partial charge on any atom is -0.488 e. The molecule has 0 aliphatic carbocycles. The van der Waals surface area contributed by atoms with Gasteiger partial charge in [-0.2, -0.15) is 4.80 Å². The van der Waals surface area contributed by atoms with Crippen LogP contribution < -0.4 is 10.1 Å². The molecule has 34 heavy (non-hydrogen) atoms. The summed E-state index contributed by atoms with van der Waals surface area (Å²) in [5.74, 6) is -0.387. The molecule has 3 aromatic rings. The number of amides is 1. The van der Waals surface area contributed by atoms with E-state index in [1.54, 1.807) is 6.92 Å². The molecule has 0 spiro atoms. The summed E-state index contributed by atoms with van der Waals surface area (Å²) < 4.78 is 29.9. The van der Waals surface area contributed by atoms with Gasteiger partial charge in [-0.25, -0.2) is 14.4 Å². The summed E-state index contributed by atoms with van der Waals surface area (Å²) in [5, 5.41) is 24.0. The van der Waals surface area contributed by atoms with E-state index in [4.69, 9.17) is 19.3 Å². The van der Waals surface area contributed by atoms with Crippen LogP contribution in [0.4, 0.5) is 4.39 Å². The highest BCUT2D eigenvalue weighted by atomic mass is 19.1. The molecule has 1 saturated heterocycles. The maximum absolute atomic E-state index is 13.8. The summed E-state index contributed by atoms with van der Waals surface area (Å²) in [5.41, 5.74) is 1.10. The number of tetrazole rings is 1. The Hall–Kier alpha value is -3.55. The first-order valence-electron chi connectivity index (χ1n) is 10.7. The van der Waals surface area contributed by atoms with Crippen molar-refractivity contribution in [2.24, 2.45) is 0 Å². The van der Waals surface area contributed by atoms with Crippen molar-refractivity contribution in [2.45, 2.75) is 26.1 Å². The fourth-order valence-corrected chi connectivity index (χ4v) is 3.24. The van der Waals surface area contributed by atoms with Gasteiger partial charge in [-0.3, -0.25) is 4.79 Å². The lowest BCUT2D eigenvalue weighted by molar-refractivity contribution is -0.0959. The van der Waals surface area contributed by atoms with Gasteiger partial charge in [0.05, 0.1) is 33.0 Å². The van der Waals surface area contributed by atoms with Gasteiger partial charge < -0.3 is 24.6 Å². The first kappa shape index (κ1) is 23.6. The summed E-state index contributed by atoms with van der Waals surface area (Å²) >= 11 is 0. The van der Waals surface area contributed by atoms with E-state index in [9.17, 15) is 9.18 Å². The lowest BCUT2D eigenvalue weighted by atomic mass is 10.2. The number of halogens is 1. The van der Waals surface area contributed by atoms with Gasteiger partial charge >= 0.3 is 0 Å². The third-order valence-electron chi connectivity index (χ3n) is 4.80. The van der Waals surface area contributed by atoms with Gasteiger partial charge in [-0.1, -0.05) is 6.07 Å². The molecule has 0 bridgehead atoms. The molecule has 4 rings (SSSR count). The molecule has 2 N–H and O–H groups in total. The van der Waals surface area contributed by atoms with E-state index in [1.807, 2.05) is 0 Å². The summed E-state index contributed by atoms with van der Waals surface area (Å²) in [4.78, 5) is 22.6. The van der Waals surface area contributed by atoms with Crippen molar-refractivity contribution < 1.29 is 28.5 Å². The van der Waals surface area contributed by atoms with E-state index in [0.29, 0.717) is 43.4 Å². The number of aliphatic hydroxyl groups excluding tert-OH is 1. The van der Waals surface area contributed by atoms with Crippen molar-refractivity contribution >= 4 is 5.91 Å². The monoisotopic (exact) mass is 473 g/mol. The van der Waals surface area contributed by atoms with E-state index >= 15 is 0 Å². The fraction of sp³-hybridized carbons (Fsp3) is 0.429. The van der Waals surface area contributed by atoms with Gasteiger partial charge in [-0.05, 0) is 35.9 Å². The lowest BCUT2D eigenvalue weighted by Gasteiger charge is -2.21. The number of aliphatic hydroxyl groups is 1. The van der Waals surface area contributed by atoms with Crippen LogP contribution in [-0.4, -0.2) is 80.3 Å². The van der Waals surface area contributed by atoms with Gasteiger partial charge in [0.2, 0.25) is 5.82 Å². The van der Waals surface area contributed by atoms with E-state index in [0.717, 1.165) is 0 Å². The number of nitrogens with zero attached hydrogens (tertiary/aromatic N) is 6. The number of rotatable bonds is 9. The molecular weight excluding hydrogens is 449 g/mol. The van der Waals surface area contributed by atoms with Gasteiger partial charge in [0.25, 0.3) is 5.91 Å². The number of benzene rings is 1. The van der Waals surface area contributed by atoms with Crippen LogP contribution in [-0.2, 0) is 22.6 Å². The van der Waals surface area contributed by atoms with Crippen LogP contribution >= 0.6 is 0 Å². The molecule has 13 heteroatoms. The van der Waals surface area contributed by atoms with E-state index < -0.39 is 11.7 Å². The summed E-state index contributed by atoms with van der Waals surface area (Å²) in [6.07, 6.45) is -0.162. The SMILES string of the molecule is Cc1nc(C(=O)NCc2ccc(F)c(OCCO)c2)cc(-c2nnn(C[C@@H]3COCCO3)n2)n1. The van der Waals surface area contributed by atoms with Crippen molar-refractivity contribution in [3.63, 3.8) is 0 Å². The predicted octanol–water partition coefficient (Wildman–Crippen LogP) is 0.294. The molecule has 0 unspecified atom stereocenters. The largest absolute Gasteiger partial charge is 0.488 e. The third kappa shape index (κ3) is 6.07. The highest BCUT2D eigenvalue weighted by Gasteiger charge is 2.19. The number of carbonyl (C=O) groups is 1. The first-order valence-corrected chi connectivity index (χ1v) is 10.7. The molecular formula is C21H24FN7O5. The second-order valence-corrected chi connectivity index (χ2v) is 7.44. The van der Waals surface area contributed by atoms with Crippen LogP contribution in [0.25, 0.3) is 11.5 Å². The minimum absolute atomic E-state index is 0.000292. The highest BCUT2D eigenvalue weighted by molar-refractivity contribution is 5.93. The molecule has 1 aliphatic heterocycles. The van der Waals surface area contributed by atoms with Crippen LogP contribution in [0.2, 0.25) is 0 Å². The molecule has 0 radical (unpaired) electrons. The topological polar surface area (TPSA) is 146 Å². The fourth-order valence-electron chi connectivity index (χ4n) is 3.24. The van der Waals surface area contributed by atoms with Gasteiger partial charge in [0, 0.05) is 6.54 Å². The Morgan fingerprint density at radius 1 is 1.32 bits per heavy atom. The van der Waals surface area contributed by atoms with Crippen LogP contribution in [0.1, 0.15) is 21.9 Å². The summed E-state index contributed by atoms with van der Waals surface area (Å²) in [6.45, 7) is 3.43. The first-order chi connectivity index (χ1) is 16.5. The highest BCUT2D eigenvalue weighted by Crippen LogP contribution is 2.19. The molecule has 1 amide bonds. The Labute approximate surface area is 194 Å². The number of ether oxygens (including phenoxy) is 3. The number of aromatic nitrogens is 6. The Morgan fingerprint density at radius 2 is 2.21 bits per heavy atom. The Kier molecular flexibility index (Phi) is 7.67. The predicted molar refractivity (Wildman–Crippen MR) is 114 cm³/mol. The van der Waals surface area contributed by atoms with Gasteiger partial charge in [0.15, 0.2) is 11.6 Å². The van der Waals surface area contributed by atoms with Gasteiger partial charge in [0.1, 0.15) is 29.9 Å². The molecule has 1 atom stereocenters. The quantitative estimate of drug-likeness (QED) is 0.445. The zero-order valence-electron chi connectivity index (χ0n) is 18.5. The van der Waals surface area contributed by atoms with Gasteiger partial charge in [-0.15, -0.1) is 10.2 Å². The van der Waals surface area contributed by atoms with Crippen LogP contribution in [0.5, 0.6) is 5.75 Å². The van der Waals surface area contributed by atoms with E-state index in [2.05, 4.69) is 30.7 Å². The summed E-state index contributed by atoms with van der Waals surface area (Å²) in [6, 6.07) is 5.71. The van der Waals surface area contributed by atoms with Crippen molar-refractivity contribution in [1.82, 2.24) is 35.5 Å². The molecule has 1 aliphatic rings. The van der Waals surface area contributed by atoms with Crippen molar-refractivity contribution in [1.29, 1.82) is 0 Å². The Morgan fingerprint density at radius 3 is 3.00 bits per heavy atom. The number of carbonyl (C=O) groups excluding carboxylic acids is 1. The van der Waals surface area contributed by atoms with Crippen LogP contribution in [0.15, 0.2) is 24.3 Å². The Balaban J connectivity index is 1.42. The standard InChI is InChI=1S/C21H24FN7O5/c1-13-24-17(20-26-28-29(27-20)11-15-12-32-6-7-33-15)9-18(25-13)21(31)23-10-14-2-3-16(22)19(8-14)34-5-4-30/h2-3,8-9,15,30H,4-7,10-12H2,1H3,(H,23,31)/t15-/m1/s1. The normalized spacial score (nSPS) is 15.8. The van der Waals surface area contributed by atoms with Crippen molar-refractivity contribution in [2.75, 3.05) is 33.0 Å². The molecule has 0 saturated carbocycles. The second kappa shape index (κ2) is 11.0.